The highest BCUT2D eigenvalue weighted by Gasteiger charge is 2.60. The lowest BCUT2D eigenvalue weighted by Crippen LogP contribution is -2.42. The molecule has 1 N–H and O–H groups in total. The van der Waals surface area contributed by atoms with E-state index in [0.29, 0.717) is 5.75 Å². The van der Waals surface area contributed by atoms with Crippen LogP contribution in [0.25, 0.3) is 0 Å². The van der Waals surface area contributed by atoms with Crippen LogP contribution in [-0.2, 0) is 4.43 Å². The molecule has 3 aliphatic rings. The molecule has 0 unspecified atom stereocenters. The lowest BCUT2D eigenvalue weighted by molar-refractivity contribution is 0.306. The van der Waals surface area contributed by atoms with Gasteiger partial charge in [0.2, 0.25) is 0 Å². The molecule has 3 nitrogen and oxygen atoms in total. The zero-order chi connectivity index (χ0) is 29.0. The van der Waals surface area contributed by atoms with Crippen molar-refractivity contribution in [2.45, 2.75) is 178 Å². The summed E-state index contributed by atoms with van der Waals surface area (Å²) < 4.78 is 12.8. The molecule has 0 heterocycles. The number of rotatable bonds is 16. The minimum atomic E-state index is -1.52. The molecule has 3 aliphatic carbocycles. The summed E-state index contributed by atoms with van der Waals surface area (Å²) in [7, 11) is -2.94. The predicted octanol–water partition coefficient (Wildman–Crippen LogP) is 11.0. The summed E-state index contributed by atoms with van der Waals surface area (Å²) in [5.41, 5.74) is 2.55. The van der Waals surface area contributed by atoms with Crippen LogP contribution in [0.1, 0.15) is 142 Å². The van der Waals surface area contributed by atoms with Crippen molar-refractivity contribution in [2.24, 2.45) is 0 Å². The van der Waals surface area contributed by atoms with Gasteiger partial charge >= 0.3 is 0 Å². The number of unbranched alkanes of at least 4 members (excludes halogenated alkanes) is 5. The molecule has 0 amide bonds. The van der Waals surface area contributed by atoms with Crippen LogP contribution in [0, 0.1) is 0 Å². The Morgan fingerprint density at radius 3 is 1.71 bits per heavy atom. The molecule has 0 spiro atoms. The lowest BCUT2D eigenvalue weighted by atomic mass is 9.99. The third kappa shape index (κ3) is 9.21. The molecule has 0 aliphatic heterocycles. The third-order valence-electron chi connectivity index (χ3n) is 10.9. The summed E-state index contributed by atoms with van der Waals surface area (Å²) in [6, 6.07) is 7.59. The van der Waals surface area contributed by atoms with E-state index < -0.39 is 15.6 Å². The number of phenols is 1. The molecule has 4 rings (SSSR count). The second-order valence-electron chi connectivity index (χ2n) is 14.3. The second-order valence-corrected chi connectivity index (χ2v) is 22.9. The van der Waals surface area contributed by atoms with Gasteiger partial charge in [-0.1, -0.05) is 51.4 Å². The maximum atomic E-state index is 10.9. The Bertz CT molecular complexity index is 826. The molecule has 3 fully saturated rings. The van der Waals surface area contributed by atoms with Crippen LogP contribution >= 0.6 is 7.26 Å². The first-order valence-electron chi connectivity index (χ1n) is 18.0. The normalized spacial score (nSPS) is 20.4. The highest BCUT2D eigenvalue weighted by molar-refractivity contribution is 7.85. The van der Waals surface area contributed by atoms with E-state index in [-0.39, 0.29) is 0 Å². The van der Waals surface area contributed by atoms with E-state index in [1.54, 1.807) is 0 Å². The first-order valence-corrected chi connectivity index (χ1v) is 23.1. The standard InChI is InChI=1S/C36H63O3PSi/c1-4-39-41(2,3)29-19-8-6-5-7-18-28-38-35-27-26-31(37)30-36(35)40(32-20-12-9-13-21-32,33-22-14-10-15-23-33)34-24-16-11-17-25-34/h26-27,30,32-34H,4-25,28-29H2,1-3H3/p+1. The average molecular weight is 604 g/mol. The molecule has 1 aromatic rings. The van der Waals surface area contributed by atoms with E-state index in [0.717, 1.165) is 42.4 Å². The summed E-state index contributed by atoms with van der Waals surface area (Å²) in [6.45, 7) is 8.54. The van der Waals surface area contributed by atoms with Crippen LogP contribution in [0.15, 0.2) is 18.2 Å². The van der Waals surface area contributed by atoms with Gasteiger partial charge in [0, 0.05) is 12.7 Å². The van der Waals surface area contributed by atoms with Gasteiger partial charge in [0.1, 0.15) is 11.1 Å². The van der Waals surface area contributed by atoms with Crippen molar-refractivity contribution >= 4 is 20.9 Å². The maximum Gasteiger partial charge on any atom is 0.186 e. The average Bonchev–Trinajstić information content (AvgIpc) is 2.99. The quantitative estimate of drug-likeness (QED) is 0.116. The van der Waals surface area contributed by atoms with Gasteiger partial charge in [0.15, 0.2) is 14.1 Å². The van der Waals surface area contributed by atoms with Gasteiger partial charge in [-0.2, -0.15) is 0 Å². The van der Waals surface area contributed by atoms with Crippen molar-refractivity contribution in [2.75, 3.05) is 13.2 Å². The fourth-order valence-electron chi connectivity index (χ4n) is 8.94. The van der Waals surface area contributed by atoms with E-state index in [4.69, 9.17) is 9.16 Å². The van der Waals surface area contributed by atoms with E-state index in [9.17, 15) is 5.11 Å². The van der Waals surface area contributed by atoms with Crippen molar-refractivity contribution in [3.8, 4) is 11.5 Å². The summed E-state index contributed by atoms with van der Waals surface area (Å²) in [4.78, 5) is 0. The molecule has 41 heavy (non-hydrogen) atoms. The van der Waals surface area contributed by atoms with E-state index in [1.807, 2.05) is 6.07 Å². The maximum absolute atomic E-state index is 10.9. The van der Waals surface area contributed by atoms with E-state index in [1.165, 1.54) is 140 Å². The molecule has 0 atom stereocenters. The minimum absolute atomic E-state index is 0.467. The Morgan fingerprint density at radius 2 is 1.20 bits per heavy atom. The van der Waals surface area contributed by atoms with Crippen LogP contribution in [0.2, 0.25) is 19.1 Å². The van der Waals surface area contributed by atoms with Crippen LogP contribution in [0.3, 0.4) is 0 Å². The number of phenolic OH excluding ortho intramolecular Hbond substituents is 1. The highest BCUT2D eigenvalue weighted by Crippen LogP contribution is 2.77. The molecular weight excluding hydrogens is 539 g/mol. The summed E-state index contributed by atoms with van der Waals surface area (Å²) in [6.07, 6.45) is 28.9. The third-order valence-corrected chi connectivity index (χ3v) is 19.8. The molecular formula is C36H64O3PSi+. The Balaban J connectivity index is 1.44. The van der Waals surface area contributed by atoms with Crippen LogP contribution in [0.5, 0.6) is 11.5 Å². The van der Waals surface area contributed by atoms with Gasteiger partial charge in [-0.3, -0.25) is 0 Å². The fourth-order valence-corrected chi connectivity index (χ4v) is 18.5. The first-order chi connectivity index (χ1) is 20.0. The van der Waals surface area contributed by atoms with Crippen LogP contribution < -0.4 is 10.0 Å². The highest BCUT2D eigenvalue weighted by atomic mass is 31.2. The number of aromatic hydroxyl groups is 1. The zero-order valence-electron chi connectivity index (χ0n) is 27.1. The number of hydrogen-bond acceptors (Lipinski definition) is 3. The van der Waals surface area contributed by atoms with E-state index >= 15 is 0 Å². The molecule has 3 saturated carbocycles. The first kappa shape index (κ1) is 33.3. The molecule has 0 bridgehead atoms. The smallest absolute Gasteiger partial charge is 0.186 e. The van der Waals surface area contributed by atoms with Crippen molar-refractivity contribution in [3.63, 3.8) is 0 Å². The Hall–Kier alpha value is -0.573. The summed E-state index contributed by atoms with van der Waals surface area (Å²) >= 11 is 0. The van der Waals surface area contributed by atoms with E-state index in [2.05, 4.69) is 32.2 Å². The molecule has 0 radical (unpaired) electrons. The topological polar surface area (TPSA) is 38.7 Å². The zero-order valence-corrected chi connectivity index (χ0v) is 29.0. The van der Waals surface area contributed by atoms with Crippen molar-refractivity contribution in [1.29, 1.82) is 0 Å². The van der Waals surface area contributed by atoms with Crippen LogP contribution in [0.4, 0.5) is 0 Å². The Kier molecular flexibility index (Phi) is 13.9. The van der Waals surface area contributed by atoms with Gasteiger partial charge in [0.25, 0.3) is 0 Å². The van der Waals surface area contributed by atoms with Gasteiger partial charge < -0.3 is 14.3 Å². The largest absolute Gasteiger partial charge is 0.508 e. The Labute approximate surface area is 255 Å². The molecule has 0 saturated heterocycles. The van der Waals surface area contributed by atoms with Gasteiger partial charge in [-0.15, -0.1) is 0 Å². The van der Waals surface area contributed by atoms with Crippen molar-refractivity contribution in [1.82, 2.24) is 0 Å². The van der Waals surface area contributed by atoms with Gasteiger partial charge in [0.05, 0.1) is 30.8 Å². The van der Waals surface area contributed by atoms with Crippen molar-refractivity contribution < 1.29 is 14.3 Å². The molecule has 0 aromatic heterocycles. The molecule has 234 valence electrons. The van der Waals surface area contributed by atoms with Crippen LogP contribution in [-0.4, -0.2) is 43.6 Å². The predicted molar refractivity (Wildman–Crippen MR) is 182 cm³/mol. The number of benzene rings is 1. The molecule has 1 aromatic carbocycles. The lowest BCUT2D eigenvalue weighted by Gasteiger charge is -2.49. The van der Waals surface area contributed by atoms with Gasteiger partial charge in [-0.05, 0) is 122 Å². The summed E-state index contributed by atoms with van der Waals surface area (Å²) in [5, 5.41) is 12.5. The number of ether oxygens (including phenoxy) is 1. The minimum Gasteiger partial charge on any atom is -0.508 e. The molecule has 5 heteroatoms. The second kappa shape index (κ2) is 17.1. The van der Waals surface area contributed by atoms with Gasteiger partial charge in [-0.25, -0.2) is 0 Å². The monoisotopic (exact) mass is 603 g/mol. The van der Waals surface area contributed by atoms with Crippen molar-refractivity contribution in [3.05, 3.63) is 18.2 Å². The summed E-state index contributed by atoms with van der Waals surface area (Å²) in [5.74, 6) is 1.62. The Morgan fingerprint density at radius 1 is 0.707 bits per heavy atom. The number of hydrogen-bond donors (Lipinski definition) is 1. The fraction of sp³-hybridized carbons (Fsp3) is 0.833. The SMILES string of the molecule is CCO[Si](C)(C)CCCCCCCCOc1ccc(O)cc1[P+](C1CCCCC1)(C1CCCCC1)C1CCCCC1.